The van der Waals surface area contributed by atoms with Gasteiger partial charge in [-0.2, -0.15) is 0 Å². The molecule has 0 radical (unpaired) electrons. The van der Waals surface area contributed by atoms with E-state index in [9.17, 15) is 13.6 Å². The highest BCUT2D eigenvalue weighted by molar-refractivity contribution is 5.93. The van der Waals surface area contributed by atoms with Crippen LogP contribution in [0.5, 0.6) is 0 Å². The summed E-state index contributed by atoms with van der Waals surface area (Å²) >= 11 is 0. The number of carbonyl (C=O) groups excluding carboxylic acids is 1. The van der Waals surface area contributed by atoms with Crippen LogP contribution in [0.15, 0.2) is 72.3 Å². The van der Waals surface area contributed by atoms with Gasteiger partial charge in [-0.1, -0.05) is 36.4 Å². The quantitative estimate of drug-likeness (QED) is 0.514. The Labute approximate surface area is 196 Å². The molecule has 170 valence electrons. The minimum Gasteiger partial charge on any atom is -0.309 e. The lowest BCUT2D eigenvalue weighted by Crippen LogP contribution is -2.19. The van der Waals surface area contributed by atoms with Gasteiger partial charge in [-0.25, -0.2) is 18.7 Å². The first kappa shape index (κ1) is 21.9. The summed E-state index contributed by atoms with van der Waals surface area (Å²) in [5, 5.41) is 2.89. The maximum atomic E-state index is 13.8. The Hall–Kier alpha value is -3.93. The van der Waals surface area contributed by atoms with Gasteiger partial charge in [0, 0.05) is 5.56 Å². The second kappa shape index (κ2) is 9.51. The summed E-state index contributed by atoms with van der Waals surface area (Å²) in [6.07, 6.45) is 13.5. The maximum Gasteiger partial charge on any atom is 0.230 e. The molecule has 1 heterocycles. The number of halogens is 2. The maximum absolute atomic E-state index is 13.8. The number of hydrogen-bond acceptors (Lipinski definition) is 3. The molecule has 2 aromatic carbocycles. The van der Waals surface area contributed by atoms with Crippen LogP contribution in [0, 0.1) is 11.6 Å². The number of nitrogens with zero attached hydrogens (tertiary/aromatic N) is 2. The van der Waals surface area contributed by atoms with Crippen LogP contribution in [0.3, 0.4) is 0 Å². The lowest BCUT2D eigenvalue weighted by Gasteiger charge is -2.20. The predicted molar refractivity (Wildman–Crippen MR) is 129 cm³/mol. The van der Waals surface area contributed by atoms with Crippen molar-refractivity contribution in [2.75, 3.05) is 5.32 Å². The van der Waals surface area contributed by atoms with E-state index in [1.165, 1.54) is 18.2 Å². The van der Waals surface area contributed by atoms with Gasteiger partial charge in [-0.15, -0.1) is 0 Å². The molecule has 0 bridgehead atoms. The fourth-order valence-electron chi connectivity index (χ4n) is 4.23. The number of aromatic nitrogens is 2. The molecule has 0 unspecified atom stereocenters. The molecular formula is C28H23F2N3O. The number of carbonyl (C=O) groups is 1. The van der Waals surface area contributed by atoms with Gasteiger partial charge >= 0.3 is 0 Å². The van der Waals surface area contributed by atoms with Crippen LogP contribution < -0.4 is 5.32 Å². The van der Waals surface area contributed by atoms with Crippen LogP contribution in [-0.4, -0.2) is 15.9 Å². The van der Waals surface area contributed by atoms with E-state index < -0.39 is 0 Å². The Morgan fingerprint density at radius 3 is 2.59 bits per heavy atom. The Kier molecular flexibility index (Phi) is 6.12. The lowest BCUT2D eigenvalue weighted by molar-refractivity contribution is -0.115. The van der Waals surface area contributed by atoms with Gasteiger partial charge in [-0.3, -0.25) is 4.79 Å². The number of aryl methyl sites for hydroxylation is 2. The molecule has 0 saturated heterocycles. The van der Waals surface area contributed by atoms with Gasteiger partial charge in [0.1, 0.15) is 17.3 Å². The van der Waals surface area contributed by atoms with Crippen molar-refractivity contribution in [3.63, 3.8) is 0 Å². The molecule has 34 heavy (non-hydrogen) atoms. The number of amides is 1. The number of nitrogens with one attached hydrogen (secondary N) is 1. The fourth-order valence-corrected chi connectivity index (χ4v) is 4.23. The van der Waals surface area contributed by atoms with Crippen LogP contribution in [0.1, 0.15) is 35.4 Å². The van der Waals surface area contributed by atoms with Crippen LogP contribution >= 0.6 is 0 Å². The highest BCUT2D eigenvalue weighted by Gasteiger charge is 2.22. The Morgan fingerprint density at radius 2 is 1.79 bits per heavy atom. The molecule has 0 aliphatic heterocycles. The van der Waals surface area contributed by atoms with Crippen LogP contribution in [0.2, 0.25) is 0 Å². The van der Waals surface area contributed by atoms with Crippen LogP contribution in [-0.2, 0) is 24.1 Å². The average Bonchev–Trinajstić information content (AvgIpc) is 2.84. The summed E-state index contributed by atoms with van der Waals surface area (Å²) < 4.78 is 27.0. The molecule has 4 nitrogen and oxygen atoms in total. The lowest BCUT2D eigenvalue weighted by atomic mass is 9.91. The van der Waals surface area contributed by atoms with E-state index in [1.807, 2.05) is 12.2 Å². The first-order valence-corrected chi connectivity index (χ1v) is 11.3. The monoisotopic (exact) mass is 455 g/mol. The first-order valence-electron chi connectivity index (χ1n) is 11.3. The largest absolute Gasteiger partial charge is 0.309 e. The van der Waals surface area contributed by atoms with Gasteiger partial charge in [0.2, 0.25) is 5.91 Å². The normalized spacial score (nSPS) is 14.5. The standard InChI is InChI=1S/C28H23F2N3O/c29-21-10-6-19(7-11-21)16-26(34)33-28-25(14-8-18-4-2-1-3-5-18)31-27-23-13-12-22(30)17-20(23)9-15-24(27)32-28/h2,4-8,10-14,17H,1,3,9,15-16H2,(H,32,33,34)/b14-8+. The van der Waals surface area contributed by atoms with Crippen molar-refractivity contribution in [3.8, 4) is 11.3 Å². The number of benzene rings is 2. The van der Waals surface area contributed by atoms with E-state index >= 15 is 0 Å². The molecule has 2 aliphatic carbocycles. The van der Waals surface area contributed by atoms with Gasteiger partial charge in [-0.05, 0) is 78.8 Å². The number of rotatable bonds is 5. The minimum absolute atomic E-state index is 0.0954. The van der Waals surface area contributed by atoms with Crippen molar-refractivity contribution in [1.82, 2.24) is 9.97 Å². The number of hydrogen-bond donors (Lipinski definition) is 1. The number of allylic oxidation sites excluding steroid dienone is 5. The van der Waals surface area contributed by atoms with Crippen molar-refractivity contribution in [3.05, 3.63) is 106 Å². The Morgan fingerprint density at radius 1 is 0.971 bits per heavy atom. The molecule has 0 fully saturated rings. The van der Waals surface area contributed by atoms with Gasteiger partial charge in [0.05, 0.1) is 17.8 Å². The molecule has 0 atom stereocenters. The molecule has 1 amide bonds. The first-order chi connectivity index (χ1) is 16.5. The third-order valence-corrected chi connectivity index (χ3v) is 5.94. The van der Waals surface area contributed by atoms with E-state index in [1.54, 1.807) is 24.3 Å². The summed E-state index contributed by atoms with van der Waals surface area (Å²) in [5.41, 5.74) is 5.56. The second-order valence-corrected chi connectivity index (χ2v) is 8.42. The molecule has 6 heteroatoms. The molecule has 5 rings (SSSR count). The number of anilines is 1. The van der Waals surface area contributed by atoms with E-state index in [4.69, 9.17) is 9.97 Å². The topological polar surface area (TPSA) is 54.9 Å². The smallest absolute Gasteiger partial charge is 0.230 e. The van der Waals surface area contributed by atoms with E-state index in [-0.39, 0.29) is 24.0 Å². The molecule has 0 spiro atoms. The van der Waals surface area contributed by atoms with Crippen molar-refractivity contribution in [2.24, 2.45) is 0 Å². The van der Waals surface area contributed by atoms with Crippen LogP contribution in [0.4, 0.5) is 14.6 Å². The molecule has 1 aromatic heterocycles. The van der Waals surface area contributed by atoms with E-state index in [2.05, 4.69) is 23.5 Å². The average molecular weight is 456 g/mol. The fraction of sp³-hybridized carbons (Fsp3) is 0.179. The summed E-state index contributed by atoms with van der Waals surface area (Å²) in [6, 6.07) is 10.6. The number of fused-ring (bicyclic) bond motifs is 3. The van der Waals surface area contributed by atoms with Crippen molar-refractivity contribution in [2.45, 2.75) is 32.1 Å². The zero-order chi connectivity index (χ0) is 23.5. The van der Waals surface area contributed by atoms with Crippen molar-refractivity contribution in [1.29, 1.82) is 0 Å². The zero-order valence-electron chi connectivity index (χ0n) is 18.5. The van der Waals surface area contributed by atoms with Crippen LogP contribution in [0.25, 0.3) is 17.3 Å². The summed E-state index contributed by atoms with van der Waals surface area (Å²) in [4.78, 5) is 22.4. The molecule has 1 N–H and O–H groups in total. The molecule has 3 aromatic rings. The Balaban J connectivity index is 1.49. The summed E-state index contributed by atoms with van der Waals surface area (Å²) in [7, 11) is 0. The predicted octanol–water partition coefficient (Wildman–Crippen LogP) is 5.99. The second-order valence-electron chi connectivity index (χ2n) is 8.42. The van der Waals surface area contributed by atoms with Gasteiger partial charge < -0.3 is 5.32 Å². The molecular weight excluding hydrogens is 432 g/mol. The minimum atomic E-state index is -0.344. The van der Waals surface area contributed by atoms with E-state index in [0.717, 1.165) is 35.2 Å². The third kappa shape index (κ3) is 4.86. The SMILES string of the molecule is O=C(Cc1ccc(F)cc1)Nc1nc2c(nc1/C=C/C1=CCCC=C1)-c1ccc(F)cc1CC2. The zero-order valence-corrected chi connectivity index (χ0v) is 18.5. The molecule has 2 aliphatic rings. The highest BCUT2D eigenvalue weighted by atomic mass is 19.1. The summed E-state index contributed by atoms with van der Waals surface area (Å²) in [6.45, 7) is 0. The highest BCUT2D eigenvalue weighted by Crippen LogP contribution is 2.33. The van der Waals surface area contributed by atoms with Gasteiger partial charge in [0.25, 0.3) is 0 Å². The molecule has 0 saturated carbocycles. The Bertz CT molecular complexity index is 1340. The summed E-state index contributed by atoms with van der Waals surface area (Å²) in [5.74, 6) is -0.488. The van der Waals surface area contributed by atoms with Gasteiger partial charge in [0.15, 0.2) is 5.82 Å². The van der Waals surface area contributed by atoms with Crippen molar-refractivity contribution < 1.29 is 13.6 Å². The van der Waals surface area contributed by atoms with E-state index in [0.29, 0.717) is 35.6 Å². The third-order valence-electron chi connectivity index (χ3n) is 5.94. The van der Waals surface area contributed by atoms with Crippen molar-refractivity contribution >= 4 is 17.8 Å².